The summed E-state index contributed by atoms with van der Waals surface area (Å²) >= 11 is 1.68. The number of rotatable bonds is 7. The minimum absolute atomic E-state index is 0.0436. The summed E-state index contributed by atoms with van der Waals surface area (Å²) in [4.78, 5) is 42.1. The number of nitrogens with zero attached hydrogens (tertiary/aromatic N) is 3. The van der Waals surface area contributed by atoms with Crippen LogP contribution in [0.25, 0.3) is 0 Å². The van der Waals surface area contributed by atoms with Gasteiger partial charge in [-0.05, 0) is 55.5 Å². The van der Waals surface area contributed by atoms with Gasteiger partial charge >= 0.3 is 0 Å². The van der Waals surface area contributed by atoms with Crippen molar-refractivity contribution in [3.05, 3.63) is 56.3 Å². The average Bonchev–Trinajstić information content (AvgIpc) is 3.37. The molecule has 2 aliphatic heterocycles. The first kappa shape index (κ1) is 24.2. The Hall–Kier alpha value is -2.94. The maximum Gasteiger partial charge on any atom is 0.270 e. The molecule has 9 heteroatoms. The number of piperidine rings is 2. The van der Waals surface area contributed by atoms with Gasteiger partial charge in [-0.3, -0.25) is 19.7 Å². The van der Waals surface area contributed by atoms with E-state index in [0.29, 0.717) is 44.0 Å². The van der Waals surface area contributed by atoms with E-state index in [1.807, 2.05) is 11.4 Å². The molecule has 0 radical (unpaired) electrons. The van der Waals surface area contributed by atoms with E-state index < -0.39 is 4.92 Å². The Morgan fingerprint density at radius 1 is 1.12 bits per heavy atom. The summed E-state index contributed by atoms with van der Waals surface area (Å²) in [6.45, 7) is 5.47. The van der Waals surface area contributed by atoms with Crippen molar-refractivity contribution in [2.24, 2.45) is 11.8 Å². The lowest BCUT2D eigenvalue weighted by molar-refractivity contribution is -0.384. The molecule has 2 saturated heterocycles. The van der Waals surface area contributed by atoms with Gasteiger partial charge in [-0.25, -0.2) is 0 Å². The summed E-state index contributed by atoms with van der Waals surface area (Å²) in [5.41, 5.74) is 1.09. The van der Waals surface area contributed by atoms with Gasteiger partial charge in [0.2, 0.25) is 5.91 Å². The standard InChI is InChI=1S/C25H32N4O4S/c1-18-7-12-27(13-8-18)23-5-4-20(29(32)33)17-22(23)25(31)28-14-9-19(10-15-28)24(30)26-11-6-21-3-2-16-34-21/h2-5,16-19H,6-15H2,1H3,(H,26,30). The molecule has 34 heavy (non-hydrogen) atoms. The second-order valence-electron chi connectivity index (χ2n) is 9.31. The summed E-state index contributed by atoms with van der Waals surface area (Å²) in [5.74, 6) is 0.389. The van der Waals surface area contributed by atoms with E-state index in [1.165, 1.54) is 17.0 Å². The number of amides is 2. The molecule has 0 aliphatic carbocycles. The van der Waals surface area contributed by atoms with Crippen LogP contribution in [0.5, 0.6) is 0 Å². The van der Waals surface area contributed by atoms with E-state index in [-0.39, 0.29) is 23.4 Å². The molecular weight excluding hydrogens is 452 g/mol. The van der Waals surface area contributed by atoms with Crippen LogP contribution in [0.3, 0.4) is 0 Å². The Morgan fingerprint density at radius 2 is 1.85 bits per heavy atom. The predicted octanol–water partition coefficient (Wildman–Crippen LogP) is 4.10. The Morgan fingerprint density at radius 3 is 2.50 bits per heavy atom. The number of carbonyl (C=O) groups is 2. The van der Waals surface area contributed by atoms with Crippen molar-refractivity contribution in [3.63, 3.8) is 0 Å². The summed E-state index contributed by atoms with van der Waals surface area (Å²) in [5, 5.41) is 16.4. The minimum Gasteiger partial charge on any atom is -0.371 e. The first-order valence-electron chi connectivity index (χ1n) is 12.0. The molecule has 2 amide bonds. The van der Waals surface area contributed by atoms with Crippen LogP contribution < -0.4 is 10.2 Å². The highest BCUT2D eigenvalue weighted by Crippen LogP contribution is 2.31. The van der Waals surface area contributed by atoms with Crippen molar-refractivity contribution in [2.75, 3.05) is 37.6 Å². The molecule has 0 saturated carbocycles. The van der Waals surface area contributed by atoms with Crippen molar-refractivity contribution in [2.45, 2.75) is 39.0 Å². The fraction of sp³-hybridized carbons (Fsp3) is 0.520. The lowest BCUT2D eigenvalue weighted by atomic mass is 9.94. The number of thiophene rings is 1. The van der Waals surface area contributed by atoms with Gasteiger partial charge in [-0.15, -0.1) is 11.3 Å². The van der Waals surface area contributed by atoms with Crippen molar-refractivity contribution in [1.29, 1.82) is 0 Å². The second kappa shape index (κ2) is 11.0. The zero-order chi connectivity index (χ0) is 24.1. The van der Waals surface area contributed by atoms with Crippen LogP contribution >= 0.6 is 11.3 Å². The highest BCUT2D eigenvalue weighted by Gasteiger charge is 2.31. The third-order valence-electron chi connectivity index (χ3n) is 6.95. The number of non-ortho nitro benzene ring substituents is 1. The molecule has 4 rings (SSSR count). The number of nitro groups is 1. The highest BCUT2D eigenvalue weighted by molar-refractivity contribution is 7.09. The van der Waals surface area contributed by atoms with Crippen LogP contribution in [-0.4, -0.2) is 54.4 Å². The fourth-order valence-electron chi connectivity index (χ4n) is 4.76. The van der Waals surface area contributed by atoms with Gasteiger partial charge in [0, 0.05) is 55.7 Å². The minimum atomic E-state index is -0.453. The molecule has 2 aromatic rings. The lowest BCUT2D eigenvalue weighted by Gasteiger charge is -2.35. The van der Waals surface area contributed by atoms with Crippen molar-refractivity contribution in [1.82, 2.24) is 10.2 Å². The van der Waals surface area contributed by atoms with E-state index in [1.54, 1.807) is 22.3 Å². The highest BCUT2D eigenvalue weighted by atomic mass is 32.1. The second-order valence-corrected chi connectivity index (χ2v) is 10.3. The lowest BCUT2D eigenvalue weighted by Crippen LogP contribution is -2.44. The molecule has 1 aromatic heterocycles. The molecule has 8 nitrogen and oxygen atoms in total. The number of nitrogens with one attached hydrogen (secondary N) is 1. The number of benzene rings is 1. The Labute approximate surface area is 204 Å². The van der Waals surface area contributed by atoms with Crippen LogP contribution in [0.4, 0.5) is 11.4 Å². The van der Waals surface area contributed by atoms with E-state index in [2.05, 4.69) is 23.2 Å². The van der Waals surface area contributed by atoms with E-state index in [4.69, 9.17) is 0 Å². The zero-order valence-corrected chi connectivity index (χ0v) is 20.4. The van der Waals surface area contributed by atoms with Crippen LogP contribution in [0.15, 0.2) is 35.7 Å². The third-order valence-corrected chi connectivity index (χ3v) is 7.89. The van der Waals surface area contributed by atoms with Crippen LogP contribution in [-0.2, 0) is 11.2 Å². The first-order chi connectivity index (χ1) is 16.4. The Kier molecular flexibility index (Phi) is 7.82. The van der Waals surface area contributed by atoms with Crippen LogP contribution in [0.2, 0.25) is 0 Å². The van der Waals surface area contributed by atoms with Crippen molar-refractivity contribution < 1.29 is 14.5 Å². The van der Waals surface area contributed by atoms with Gasteiger partial charge in [0.25, 0.3) is 11.6 Å². The molecule has 1 N–H and O–H groups in total. The van der Waals surface area contributed by atoms with Gasteiger partial charge in [0.15, 0.2) is 0 Å². The summed E-state index contributed by atoms with van der Waals surface area (Å²) < 4.78 is 0. The molecule has 0 bridgehead atoms. The maximum absolute atomic E-state index is 13.5. The zero-order valence-electron chi connectivity index (χ0n) is 19.6. The third kappa shape index (κ3) is 5.75. The molecule has 0 spiro atoms. The smallest absolute Gasteiger partial charge is 0.270 e. The number of carbonyl (C=O) groups excluding carboxylic acids is 2. The van der Waals surface area contributed by atoms with E-state index in [0.717, 1.165) is 38.0 Å². The normalized spacial score (nSPS) is 17.6. The molecule has 0 unspecified atom stereocenters. The number of hydrogen-bond acceptors (Lipinski definition) is 6. The number of nitro benzene ring substituents is 1. The van der Waals surface area contributed by atoms with Crippen LogP contribution in [0, 0.1) is 22.0 Å². The monoisotopic (exact) mass is 484 g/mol. The van der Waals surface area contributed by atoms with Gasteiger partial charge in [0.05, 0.1) is 16.2 Å². The Bertz CT molecular complexity index is 1010. The molecule has 2 fully saturated rings. The Balaban J connectivity index is 1.38. The summed E-state index contributed by atoms with van der Waals surface area (Å²) in [7, 11) is 0. The fourth-order valence-corrected chi connectivity index (χ4v) is 5.47. The van der Waals surface area contributed by atoms with Gasteiger partial charge in [-0.2, -0.15) is 0 Å². The number of anilines is 1. The summed E-state index contributed by atoms with van der Waals surface area (Å²) in [6, 6.07) is 8.69. The molecule has 0 atom stereocenters. The van der Waals surface area contributed by atoms with Crippen LogP contribution in [0.1, 0.15) is 47.8 Å². The SMILES string of the molecule is CC1CCN(c2ccc([N+](=O)[O-])cc2C(=O)N2CCC(C(=O)NCCc3cccs3)CC2)CC1. The van der Waals surface area contributed by atoms with E-state index in [9.17, 15) is 19.7 Å². The van der Waals surface area contributed by atoms with Gasteiger partial charge in [0.1, 0.15) is 0 Å². The van der Waals surface area contributed by atoms with E-state index >= 15 is 0 Å². The van der Waals surface area contributed by atoms with Gasteiger partial charge in [-0.1, -0.05) is 13.0 Å². The van der Waals surface area contributed by atoms with Gasteiger partial charge < -0.3 is 15.1 Å². The topological polar surface area (TPSA) is 95.8 Å². The molecule has 2 aliphatic rings. The molecular formula is C25H32N4O4S. The van der Waals surface area contributed by atoms with Crippen molar-refractivity contribution in [3.8, 4) is 0 Å². The van der Waals surface area contributed by atoms with Crippen molar-refractivity contribution >= 4 is 34.5 Å². The molecule has 3 heterocycles. The predicted molar refractivity (Wildman–Crippen MR) is 133 cm³/mol. The molecule has 182 valence electrons. The largest absolute Gasteiger partial charge is 0.371 e. The first-order valence-corrected chi connectivity index (χ1v) is 12.9. The number of likely N-dealkylation sites (tertiary alicyclic amines) is 1. The quantitative estimate of drug-likeness (QED) is 0.471. The number of hydrogen-bond donors (Lipinski definition) is 1. The molecule has 1 aromatic carbocycles. The summed E-state index contributed by atoms with van der Waals surface area (Å²) in [6.07, 6.45) is 4.10. The maximum atomic E-state index is 13.5. The average molecular weight is 485 g/mol.